The summed E-state index contributed by atoms with van der Waals surface area (Å²) in [6.45, 7) is -1.05. The van der Waals surface area contributed by atoms with Crippen LogP contribution >= 0.6 is 23.2 Å². The summed E-state index contributed by atoms with van der Waals surface area (Å²) in [6, 6.07) is 7.05. The van der Waals surface area contributed by atoms with Crippen LogP contribution in [0, 0.1) is 0 Å². The van der Waals surface area contributed by atoms with Gasteiger partial charge in [-0.15, -0.1) is 0 Å². The maximum absolute atomic E-state index is 12.1. The molecule has 1 aromatic heterocycles. The highest BCUT2D eigenvalue weighted by atomic mass is 35.5. The van der Waals surface area contributed by atoms with Crippen LogP contribution in [0.2, 0.25) is 10.0 Å². The van der Waals surface area contributed by atoms with E-state index in [-0.39, 0.29) is 21.5 Å². The number of carbonyl (C=O) groups excluding carboxylic acids is 2. The third-order valence-corrected chi connectivity index (χ3v) is 5.15. The molecular weight excluding hydrogens is 407 g/mol. The van der Waals surface area contributed by atoms with E-state index in [2.05, 4.69) is 5.32 Å². The van der Waals surface area contributed by atoms with Crippen molar-refractivity contribution in [2.24, 2.45) is 0 Å². The van der Waals surface area contributed by atoms with Gasteiger partial charge in [-0.3, -0.25) is 9.59 Å². The van der Waals surface area contributed by atoms with Crippen LogP contribution in [-0.2, 0) is 30.9 Å². The van der Waals surface area contributed by atoms with Crippen molar-refractivity contribution in [2.45, 2.75) is 11.4 Å². The lowest BCUT2D eigenvalue weighted by molar-refractivity contribution is -0.147. The van der Waals surface area contributed by atoms with Crippen molar-refractivity contribution in [1.29, 1.82) is 0 Å². The lowest BCUT2D eigenvalue weighted by Gasteiger charge is -2.08. The van der Waals surface area contributed by atoms with Crippen molar-refractivity contribution in [1.82, 2.24) is 10.0 Å². The summed E-state index contributed by atoms with van der Waals surface area (Å²) in [7, 11) is -3.98. The van der Waals surface area contributed by atoms with Gasteiger partial charge in [-0.25, -0.2) is 8.42 Å². The van der Waals surface area contributed by atoms with Gasteiger partial charge in [0.15, 0.2) is 6.61 Å². The number of furan rings is 1. The topological polar surface area (TPSA) is 115 Å². The van der Waals surface area contributed by atoms with E-state index in [1.165, 1.54) is 18.4 Å². The third kappa shape index (κ3) is 6.03. The molecule has 0 spiro atoms. The molecule has 0 bridgehead atoms. The smallest absolute Gasteiger partial charge is 0.321 e. The lowest BCUT2D eigenvalue weighted by Crippen LogP contribution is -2.33. The largest absolute Gasteiger partial charge is 0.467 e. The van der Waals surface area contributed by atoms with Gasteiger partial charge in [0, 0.05) is 0 Å². The number of amides is 1. The van der Waals surface area contributed by atoms with Gasteiger partial charge in [-0.05, 0) is 30.3 Å². The Kier molecular flexibility index (Phi) is 7.04. The van der Waals surface area contributed by atoms with Crippen molar-refractivity contribution in [3.8, 4) is 0 Å². The summed E-state index contributed by atoms with van der Waals surface area (Å²) in [5, 5.41) is 2.73. The summed E-state index contributed by atoms with van der Waals surface area (Å²) >= 11 is 11.5. The maximum atomic E-state index is 12.1. The van der Waals surface area contributed by atoms with E-state index in [0.29, 0.717) is 5.76 Å². The first-order valence-electron chi connectivity index (χ1n) is 7.17. The van der Waals surface area contributed by atoms with Gasteiger partial charge in [0.2, 0.25) is 10.0 Å². The fourth-order valence-electron chi connectivity index (χ4n) is 1.73. The number of halogens is 2. The summed E-state index contributed by atoms with van der Waals surface area (Å²) in [6.07, 6.45) is 1.46. The molecule has 0 saturated carbocycles. The van der Waals surface area contributed by atoms with Gasteiger partial charge in [0.1, 0.15) is 12.3 Å². The number of hydrogen-bond acceptors (Lipinski definition) is 6. The van der Waals surface area contributed by atoms with Crippen LogP contribution in [0.5, 0.6) is 0 Å². The van der Waals surface area contributed by atoms with E-state index in [4.69, 9.17) is 32.4 Å². The lowest BCUT2D eigenvalue weighted by atomic mass is 10.4. The molecule has 1 aromatic carbocycles. The first-order chi connectivity index (χ1) is 12.3. The van der Waals surface area contributed by atoms with Crippen LogP contribution < -0.4 is 10.0 Å². The molecule has 1 heterocycles. The molecule has 0 fully saturated rings. The molecule has 0 atom stereocenters. The Bertz CT molecular complexity index is 884. The van der Waals surface area contributed by atoms with Crippen LogP contribution in [0.25, 0.3) is 0 Å². The third-order valence-electron chi connectivity index (χ3n) is 3.01. The zero-order valence-electron chi connectivity index (χ0n) is 13.2. The first-order valence-corrected chi connectivity index (χ1v) is 9.41. The SMILES string of the molecule is O=C(COC(=O)CNS(=O)(=O)c1ccc(Cl)c(Cl)c1)NCc1ccco1. The van der Waals surface area contributed by atoms with E-state index >= 15 is 0 Å². The Morgan fingerprint density at radius 1 is 1.15 bits per heavy atom. The Morgan fingerprint density at radius 3 is 2.58 bits per heavy atom. The predicted octanol–water partition coefficient (Wildman–Crippen LogP) is 1.72. The minimum atomic E-state index is -3.98. The standard InChI is InChI=1S/C15H14Cl2N2O6S/c16-12-4-3-11(6-13(12)17)26(22,23)19-8-15(21)25-9-14(20)18-7-10-2-1-5-24-10/h1-6,19H,7-9H2,(H,18,20). The monoisotopic (exact) mass is 420 g/mol. The number of carbonyl (C=O) groups is 2. The molecule has 0 aliphatic carbocycles. The summed E-state index contributed by atoms with van der Waals surface area (Å²) in [5.74, 6) is -0.928. The van der Waals surface area contributed by atoms with Gasteiger partial charge in [0.05, 0.1) is 27.7 Å². The molecule has 11 heteroatoms. The Hall–Kier alpha value is -2.07. The van der Waals surface area contributed by atoms with Crippen LogP contribution in [0.3, 0.4) is 0 Å². The molecule has 0 aliphatic heterocycles. The molecule has 2 rings (SSSR count). The number of rotatable bonds is 8. The molecule has 0 unspecified atom stereocenters. The van der Waals surface area contributed by atoms with E-state index < -0.39 is 35.1 Å². The molecule has 8 nitrogen and oxygen atoms in total. The van der Waals surface area contributed by atoms with Crippen molar-refractivity contribution in [3.05, 3.63) is 52.4 Å². The first kappa shape index (κ1) is 20.2. The number of ether oxygens (including phenoxy) is 1. The number of hydrogen-bond donors (Lipinski definition) is 2. The second-order valence-electron chi connectivity index (χ2n) is 4.92. The maximum Gasteiger partial charge on any atom is 0.321 e. The quantitative estimate of drug-likeness (QED) is 0.628. The molecule has 2 aromatic rings. The van der Waals surface area contributed by atoms with Crippen LogP contribution in [0.15, 0.2) is 45.9 Å². The molecule has 0 saturated heterocycles. The second kappa shape index (κ2) is 9.04. The number of benzene rings is 1. The van der Waals surface area contributed by atoms with Crippen LogP contribution in [0.1, 0.15) is 5.76 Å². The van der Waals surface area contributed by atoms with E-state index in [1.807, 2.05) is 4.72 Å². The zero-order valence-corrected chi connectivity index (χ0v) is 15.5. The van der Waals surface area contributed by atoms with Crippen molar-refractivity contribution < 1.29 is 27.2 Å². The zero-order chi connectivity index (χ0) is 19.2. The normalized spacial score (nSPS) is 11.2. The van der Waals surface area contributed by atoms with Gasteiger partial charge >= 0.3 is 5.97 Å². The molecule has 2 N–H and O–H groups in total. The van der Waals surface area contributed by atoms with Crippen LogP contribution in [0.4, 0.5) is 0 Å². The molecule has 0 radical (unpaired) electrons. The van der Waals surface area contributed by atoms with Gasteiger partial charge in [0.25, 0.3) is 5.91 Å². The highest BCUT2D eigenvalue weighted by Gasteiger charge is 2.18. The summed E-state index contributed by atoms with van der Waals surface area (Å²) in [4.78, 5) is 23.0. The Balaban J connectivity index is 1.76. The van der Waals surface area contributed by atoms with Gasteiger partial charge < -0.3 is 14.5 Å². The van der Waals surface area contributed by atoms with Crippen LogP contribution in [-0.4, -0.2) is 33.4 Å². The fourth-order valence-corrected chi connectivity index (χ4v) is 3.09. The number of esters is 1. The molecule has 26 heavy (non-hydrogen) atoms. The molecular formula is C15H14Cl2N2O6S. The number of nitrogens with one attached hydrogen (secondary N) is 2. The number of sulfonamides is 1. The van der Waals surface area contributed by atoms with Gasteiger partial charge in [-0.1, -0.05) is 23.2 Å². The molecule has 140 valence electrons. The minimum absolute atomic E-state index is 0.0605. The average molecular weight is 421 g/mol. The minimum Gasteiger partial charge on any atom is -0.467 e. The average Bonchev–Trinajstić information content (AvgIpc) is 3.12. The summed E-state index contributed by atoms with van der Waals surface area (Å²) in [5.41, 5.74) is 0. The molecule has 0 aliphatic rings. The van der Waals surface area contributed by atoms with Crippen molar-refractivity contribution in [2.75, 3.05) is 13.2 Å². The molecule has 1 amide bonds. The van der Waals surface area contributed by atoms with Crippen molar-refractivity contribution >= 4 is 45.1 Å². The Labute approximate surface area is 159 Å². The highest BCUT2D eigenvalue weighted by molar-refractivity contribution is 7.89. The summed E-state index contributed by atoms with van der Waals surface area (Å²) < 4.78 is 35.9. The Morgan fingerprint density at radius 2 is 1.92 bits per heavy atom. The van der Waals surface area contributed by atoms with E-state index in [9.17, 15) is 18.0 Å². The fraction of sp³-hybridized carbons (Fsp3) is 0.200. The van der Waals surface area contributed by atoms with E-state index in [1.54, 1.807) is 12.1 Å². The van der Waals surface area contributed by atoms with Gasteiger partial charge in [-0.2, -0.15) is 4.72 Å². The highest BCUT2D eigenvalue weighted by Crippen LogP contribution is 2.24. The van der Waals surface area contributed by atoms with Crippen molar-refractivity contribution in [3.63, 3.8) is 0 Å². The van der Waals surface area contributed by atoms with E-state index in [0.717, 1.165) is 6.07 Å². The second-order valence-corrected chi connectivity index (χ2v) is 7.50. The predicted molar refractivity (Wildman–Crippen MR) is 93.2 cm³/mol.